The average Bonchev–Trinajstić information content (AvgIpc) is 2.43. The van der Waals surface area contributed by atoms with Crippen LogP contribution in [0.15, 0.2) is 41.3 Å². The first-order valence-corrected chi connectivity index (χ1v) is 7.09. The number of nitrogens with one attached hydrogen (secondary N) is 1. The Bertz CT molecular complexity index is 845. The summed E-state index contributed by atoms with van der Waals surface area (Å²) >= 11 is 0. The Morgan fingerprint density at radius 2 is 1.86 bits per heavy atom. The van der Waals surface area contributed by atoms with Gasteiger partial charge in [0.25, 0.3) is 10.0 Å². The van der Waals surface area contributed by atoms with Gasteiger partial charge in [0.2, 0.25) is 0 Å². The highest BCUT2D eigenvalue weighted by Crippen LogP contribution is 2.24. The van der Waals surface area contributed by atoms with Crippen molar-refractivity contribution in [2.45, 2.75) is 4.90 Å². The quantitative estimate of drug-likeness (QED) is 0.850. The lowest BCUT2D eigenvalue weighted by Gasteiger charge is -2.11. The van der Waals surface area contributed by atoms with Crippen LogP contribution >= 0.6 is 0 Å². The van der Waals surface area contributed by atoms with Gasteiger partial charge in [0.15, 0.2) is 0 Å². The zero-order chi connectivity index (χ0) is 15.6. The molecule has 0 spiro atoms. The third kappa shape index (κ3) is 3.09. The van der Waals surface area contributed by atoms with Crippen molar-refractivity contribution < 1.29 is 17.2 Å². The summed E-state index contributed by atoms with van der Waals surface area (Å²) in [6.45, 7) is 0. The van der Waals surface area contributed by atoms with Crippen molar-refractivity contribution in [3.63, 3.8) is 0 Å². The second-order valence-corrected chi connectivity index (χ2v) is 5.74. The molecule has 0 bridgehead atoms. The zero-order valence-corrected chi connectivity index (χ0v) is 11.3. The monoisotopic (exact) mass is 309 g/mol. The van der Waals surface area contributed by atoms with Crippen molar-refractivity contribution in [3.05, 3.63) is 53.6 Å². The Morgan fingerprint density at radius 1 is 1.14 bits per heavy atom. The maximum atomic E-state index is 13.5. The van der Waals surface area contributed by atoms with Crippen LogP contribution in [0.2, 0.25) is 0 Å². The predicted molar refractivity (Wildman–Crippen MR) is 72.7 cm³/mol. The lowest BCUT2D eigenvalue weighted by Crippen LogP contribution is -2.16. The van der Waals surface area contributed by atoms with E-state index in [0.29, 0.717) is 12.1 Å². The number of nitrogens with zero attached hydrogens (tertiary/aromatic N) is 1. The molecular weight excluding hydrogens is 300 g/mol. The number of hydrogen-bond donors (Lipinski definition) is 2. The van der Waals surface area contributed by atoms with E-state index < -0.39 is 26.6 Å². The van der Waals surface area contributed by atoms with Crippen LogP contribution in [-0.2, 0) is 10.0 Å². The molecule has 2 rings (SSSR count). The molecule has 0 saturated heterocycles. The Balaban J connectivity index is 2.43. The minimum atomic E-state index is -4.34. The molecule has 0 fully saturated rings. The lowest BCUT2D eigenvalue weighted by atomic mass is 10.2. The first-order valence-electron chi connectivity index (χ1n) is 5.61. The summed E-state index contributed by atoms with van der Waals surface area (Å²) in [5.41, 5.74) is 5.81. The summed E-state index contributed by atoms with van der Waals surface area (Å²) in [6, 6.07) is 7.80. The lowest BCUT2D eigenvalue weighted by molar-refractivity contribution is 0.555. The van der Waals surface area contributed by atoms with Gasteiger partial charge in [-0.25, -0.2) is 17.2 Å². The molecule has 108 valence electrons. The van der Waals surface area contributed by atoms with Crippen molar-refractivity contribution >= 4 is 21.4 Å². The molecule has 0 atom stereocenters. The van der Waals surface area contributed by atoms with E-state index in [1.165, 1.54) is 18.2 Å². The normalized spacial score (nSPS) is 10.9. The molecule has 3 N–H and O–H groups in total. The topological polar surface area (TPSA) is 96.0 Å². The van der Waals surface area contributed by atoms with Gasteiger partial charge in [0.05, 0.1) is 23.0 Å². The summed E-state index contributed by atoms with van der Waals surface area (Å²) < 4.78 is 52.7. The van der Waals surface area contributed by atoms with Gasteiger partial charge in [-0.3, -0.25) is 4.72 Å². The zero-order valence-electron chi connectivity index (χ0n) is 10.5. The van der Waals surface area contributed by atoms with E-state index in [0.717, 1.165) is 6.07 Å². The highest BCUT2D eigenvalue weighted by atomic mass is 32.2. The van der Waals surface area contributed by atoms with E-state index in [1.807, 2.05) is 6.07 Å². The summed E-state index contributed by atoms with van der Waals surface area (Å²) in [6.07, 6.45) is 0. The van der Waals surface area contributed by atoms with Crippen molar-refractivity contribution in [3.8, 4) is 6.07 Å². The number of rotatable bonds is 3. The van der Waals surface area contributed by atoms with E-state index in [2.05, 4.69) is 4.72 Å². The molecule has 0 aliphatic rings. The van der Waals surface area contributed by atoms with Gasteiger partial charge in [-0.15, -0.1) is 0 Å². The van der Waals surface area contributed by atoms with Gasteiger partial charge in [-0.1, -0.05) is 0 Å². The number of benzene rings is 2. The Kier molecular flexibility index (Phi) is 3.78. The van der Waals surface area contributed by atoms with Crippen LogP contribution in [0.5, 0.6) is 0 Å². The van der Waals surface area contributed by atoms with Gasteiger partial charge in [-0.2, -0.15) is 5.26 Å². The van der Waals surface area contributed by atoms with E-state index in [-0.39, 0.29) is 16.9 Å². The van der Waals surface area contributed by atoms with Crippen LogP contribution in [-0.4, -0.2) is 8.42 Å². The summed E-state index contributed by atoms with van der Waals surface area (Å²) in [5, 5.41) is 8.69. The van der Waals surface area contributed by atoms with Crippen LogP contribution < -0.4 is 10.5 Å². The van der Waals surface area contributed by atoms with E-state index in [9.17, 15) is 17.2 Å². The van der Waals surface area contributed by atoms with Crippen LogP contribution in [0.25, 0.3) is 0 Å². The second-order valence-electron chi connectivity index (χ2n) is 4.09. The molecule has 0 saturated carbocycles. The summed E-state index contributed by atoms with van der Waals surface area (Å²) in [4.78, 5) is -0.828. The molecule has 0 radical (unpaired) electrons. The predicted octanol–water partition coefficient (Wildman–Crippen LogP) is 2.22. The molecule has 0 aliphatic carbocycles. The molecule has 2 aromatic rings. The van der Waals surface area contributed by atoms with Gasteiger partial charge >= 0.3 is 0 Å². The molecule has 0 unspecified atom stereocenters. The number of hydrogen-bond acceptors (Lipinski definition) is 4. The second kappa shape index (κ2) is 5.38. The molecule has 0 aromatic heterocycles. The maximum absolute atomic E-state index is 13.5. The Morgan fingerprint density at radius 3 is 2.48 bits per heavy atom. The van der Waals surface area contributed by atoms with Crippen molar-refractivity contribution in [1.29, 1.82) is 5.26 Å². The number of nitrogen functional groups attached to an aromatic ring is 1. The maximum Gasteiger partial charge on any atom is 0.264 e. The molecule has 5 nitrogen and oxygen atoms in total. The number of halogens is 2. The van der Waals surface area contributed by atoms with E-state index in [1.54, 1.807) is 0 Å². The molecular formula is C13H9F2N3O2S. The molecule has 0 amide bonds. The van der Waals surface area contributed by atoms with Gasteiger partial charge in [-0.05, 0) is 36.4 Å². The summed E-state index contributed by atoms with van der Waals surface area (Å²) in [5.74, 6) is -1.97. The third-order valence-electron chi connectivity index (χ3n) is 2.61. The molecule has 8 heteroatoms. The fraction of sp³-hybridized carbons (Fsp3) is 0. The van der Waals surface area contributed by atoms with Crippen molar-refractivity contribution in [1.82, 2.24) is 0 Å². The van der Waals surface area contributed by atoms with Crippen LogP contribution in [0, 0.1) is 23.0 Å². The molecule has 21 heavy (non-hydrogen) atoms. The average molecular weight is 309 g/mol. The smallest absolute Gasteiger partial charge is 0.264 e. The number of nitrogens with two attached hydrogens (primary N) is 1. The largest absolute Gasteiger partial charge is 0.397 e. The highest BCUT2D eigenvalue weighted by Gasteiger charge is 2.21. The van der Waals surface area contributed by atoms with Crippen LogP contribution in [0.1, 0.15) is 5.56 Å². The van der Waals surface area contributed by atoms with Gasteiger partial charge < -0.3 is 5.73 Å². The first kappa shape index (κ1) is 14.7. The van der Waals surface area contributed by atoms with Crippen molar-refractivity contribution in [2.24, 2.45) is 0 Å². The molecule has 0 heterocycles. The van der Waals surface area contributed by atoms with E-state index in [4.69, 9.17) is 11.0 Å². The summed E-state index contributed by atoms with van der Waals surface area (Å²) in [7, 11) is -4.34. The van der Waals surface area contributed by atoms with Crippen molar-refractivity contribution in [2.75, 3.05) is 10.5 Å². The SMILES string of the molecule is N#Cc1ccc(NS(=O)(=O)c2cc(F)ccc2F)c(N)c1. The first-order chi connectivity index (χ1) is 9.83. The Hall–Kier alpha value is -2.66. The standard InChI is InChI=1S/C13H9F2N3O2S/c14-9-2-3-10(15)13(6-9)21(19,20)18-12-4-1-8(7-16)5-11(12)17/h1-6,18H,17H2. The number of sulfonamides is 1. The van der Waals surface area contributed by atoms with Crippen LogP contribution in [0.3, 0.4) is 0 Å². The third-order valence-corrected chi connectivity index (χ3v) is 3.99. The number of nitriles is 1. The van der Waals surface area contributed by atoms with Gasteiger partial charge in [0, 0.05) is 0 Å². The van der Waals surface area contributed by atoms with Crippen LogP contribution in [0.4, 0.5) is 20.2 Å². The minimum absolute atomic E-state index is 0.00515. The molecule has 2 aromatic carbocycles. The molecule has 0 aliphatic heterocycles. The fourth-order valence-corrected chi connectivity index (χ4v) is 2.79. The highest BCUT2D eigenvalue weighted by molar-refractivity contribution is 7.92. The Labute approximate surface area is 119 Å². The number of anilines is 2. The minimum Gasteiger partial charge on any atom is -0.397 e. The van der Waals surface area contributed by atoms with E-state index >= 15 is 0 Å². The van der Waals surface area contributed by atoms with Gasteiger partial charge in [0.1, 0.15) is 16.5 Å². The fourth-order valence-electron chi connectivity index (χ4n) is 1.61.